The number of nitrogens with zero attached hydrogens (tertiary/aromatic N) is 2. The number of aromatic carboxylic acids is 1. The fourth-order valence-corrected chi connectivity index (χ4v) is 3.92. The molecule has 10 heteroatoms. The van der Waals surface area contributed by atoms with E-state index in [1.165, 1.54) is 0 Å². The predicted molar refractivity (Wildman–Crippen MR) is 113 cm³/mol. The van der Waals surface area contributed by atoms with Crippen LogP contribution in [0, 0.1) is 0 Å². The summed E-state index contributed by atoms with van der Waals surface area (Å²) in [6, 6.07) is 15.3. The Balaban J connectivity index is 1.57. The van der Waals surface area contributed by atoms with E-state index in [0.29, 0.717) is 4.57 Å². The van der Waals surface area contributed by atoms with Crippen molar-refractivity contribution < 1.29 is 32.6 Å². The van der Waals surface area contributed by atoms with Gasteiger partial charge in [-0.2, -0.15) is 13.2 Å². The molecule has 1 aromatic heterocycles. The van der Waals surface area contributed by atoms with Gasteiger partial charge in [-0.3, -0.25) is 5.32 Å². The standard InChI is InChI=1S/C23H20F3N3O4/c1-22(2,23(24,25)26)29-12-27-18(20(30)31)19(29)28-21(32)33-11-17-15-9-5-3-7-13(15)14-8-4-6-10-16(14)17/h3-10,12,17H,11H2,1-2H3,(H,28,32)(H,30,31). The molecule has 33 heavy (non-hydrogen) atoms. The van der Waals surface area contributed by atoms with E-state index in [1.54, 1.807) is 0 Å². The van der Waals surface area contributed by atoms with Gasteiger partial charge in [0.2, 0.25) is 0 Å². The number of anilines is 1. The Morgan fingerprint density at radius 2 is 1.61 bits per heavy atom. The molecule has 0 unspecified atom stereocenters. The Morgan fingerprint density at radius 1 is 1.06 bits per heavy atom. The van der Waals surface area contributed by atoms with Crippen molar-refractivity contribution in [3.63, 3.8) is 0 Å². The highest BCUT2D eigenvalue weighted by atomic mass is 19.4. The molecule has 1 aliphatic rings. The second-order valence-corrected chi connectivity index (χ2v) is 8.12. The smallest absolute Gasteiger partial charge is 0.412 e. The largest absolute Gasteiger partial charge is 0.476 e. The van der Waals surface area contributed by atoms with E-state index < -0.39 is 35.3 Å². The summed E-state index contributed by atoms with van der Waals surface area (Å²) in [7, 11) is 0. The summed E-state index contributed by atoms with van der Waals surface area (Å²) >= 11 is 0. The highest BCUT2D eigenvalue weighted by Crippen LogP contribution is 2.44. The number of hydrogen-bond donors (Lipinski definition) is 2. The zero-order valence-electron chi connectivity index (χ0n) is 17.7. The van der Waals surface area contributed by atoms with Gasteiger partial charge in [0.1, 0.15) is 12.1 Å². The lowest BCUT2D eigenvalue weighted by Crippen LogP contribution is -2.42. The van der Waals surface area contributed by atoms with E-state index in [0.717, 1.165) is 42.4 Å². The zero-order valence-corrected chi connectivity index (χ0v) is 17.7. The van der Waals surface area contributed by atoms with Gasteiger partial charge in [0, 0.05) is 5.92 Å². The number of imidazole rings is 1. The van der Waals surface area contributed by atoms with E-state index >= 15 is 0 Å². The molecule has 4 rings (SSSR count). The number of amides is 1. The van der Waals surface area contributed by atoms with Crippen LogP contribution in [0.4, 0.5) is 23.8 Å². The average Bonchev–Trinajstić information content (AvgIpc) is 3.31. The van der Waals surface area contributed by atoms with E-state index in [2.05, 4.69) is 10.3 Å². The summed E-state index contributed by atoms with van der Waals surface area (Å²) in [5, 5.41) is 11.5. The van der Waals surface area contributed by atoms with Gasteiger partial charge in [0.15, 0.2) is 11.5 Å². The van der Waals surface area contributed by atoms with Crippen molar-refractivity contribution in [2.45, 2.75) is 31.5 Å². The molecule has 0 bridgehead atoms. The maximum absolute atomic E-state index is 13.5. The number of carboxylic acid groups (broad SMARTS) is 1. The number of aromatic nitrogens is 2. The minimum absolute atomic E-state index is 0.0843. The summed E-state index contributed by atoms with van der Waals surface area (Å²) in [4.78, 5) is 27.6. The SMILES string of the molecule is CC(C)(n1cnc(C(=O)O)c1NC(=O)OCC1c2ccccc2-c2ccccc21)C(F)(F)F. The molecule has 0 spiro atoms. The van der Waals surface area contributed by atoms with Crippen LogP contribution in [0.2, 0.25) is 0 Å². The molecule has 0 fully saturated rings. The summed E-state index contributed by atoms with van der Waals surface area (Å²) < 4.78 is 46.5. The van der Waals surface area contributed by atoms with Crippen molar-refractivity contribution in [3.05, 3.63) is 71.7 Å². The van der Waals surface area contributed by atoms with Crippen LogP contribution in [0.3, 0.4) is 0 Å². The molecular formula is C23H20F3N3O4. The van der Waals surface area contributed by atoms with Crippen LogP contribution in [-0.4, -0.2) is 39.5 Å². The molecule has 3 aromatic rings. The Hall–Kier alpha value is -3.82. The fraction of sp³-hybridized carbons (Fsp3) is 0.261. The topological polar surface area (TPSA) is 93.5 Å². The molecule has 1 aliphatic carbocycles. The minimum atomic E-state index is -4.74. The molecule has 2 aromatic carbocycles. The first kappa shape index (κ1) is 22.4. The van der Waals surface area contributed by atoms with E-state index in [1.807, 2.05) is 48.5 Å². The van der Waals surface area contributed by atoms with Crippen molar-refractivity contribution in [3.8, 4) is 11.1 Å². The lowest BCUT2D eigenvalue weighted by molar-refractivity contribution is -0.202. The number of carbonyl (C=O) groups excluding carboxylic acids is 1. The summed E-state index contributed by atoms with van der Waals surface area (Å²) in [6.45, 7) is 1.62. The number of carboxylic acids is 1. The van der Waals surface area contributed by atoms with Gasteiger partial charge in [-0.05, 0) is 36.1 Å². The Labute approximate surface area is 186 Å². The number of alkyl halides is 3. The molecule has 0 atom stereocenters. The van der Waals surface area contributed by atoms with Crippen LogP contribution in [0.5, 0.6) is 0 Å². The molecule has 172 valence electrons. The first-order chi connectivity index (χ1) is 15.5. The number of hydrogen-bond acceptors (Lipinski definition) is 4. The first-order valence-electron chi connectivity index (χ1n) is 10.0. The number of ether oxygens (including phenoxy) is 1. The van der Waals surface area contributed by atoms with Gasteiger partial charge in [-0.15, -0.1) is 0 Å². The Morgan fingerprint density at radius 3 is 2.12 bits per heavy atom. The average molecular weight is 459 g/mol. The van der Waals surface area contributed by atoms with Gasteiger partial charge >= 0.3 is 18.2 Å². The van der Waals surface area contributed by atoms with Crippen LogP contribution in [0.25, 0.3) is 11.1 Å². The van der Waals surface area contributed by atoms with Gasteiger partial charge in [0.25, 0.3) is 0 Å². The highest BCUT2D eigenvalue weighted by Gasteiger charge is 2.50. The molecule has 0 aliphatic heterocycles. The lowest BCUT2D eigenvalue weighted by atomic mass is 9.98. The minimum Gasteiger partial charge on any atom is -0.476 e. The van der Waals surface area contributed by atoms with E-state index in [9.17, 15) is 27.9 Å². The monoisotopic (exact) mass is 459 g/mol. The third-order valence-corrected chi connectivity index (χ3v) is 5.83. The quantitative estimate of drug-likeness (QED) is 0.544. The predicted octanol–water partition coefficient (Wildman–Crippen LogP) is 5.24. The molecular weight excluding hydrogens is 439 g/mol. The number of rotatable bonds is 5. The molecule has 0 radical (unpaired) electrons. The van der Waals surface area contributed by atoms with Gasteiger partial charge in [-0.1, -0.05) is 48.5 Å². The van der Waals surface area contributed by atoms with E-state index in [4.69, 9.17) is 4.74 Å². The number of carbonyl (C=O) groups is 2. The number of nitrogens with one attached hydrogen (secondary N) is 1. The van der Waals surface area contributed by atoms with Crippen LogP contribution < -0.4 is 5.32 Å². The highest BCUT2D eigenvalue weighted by molar-refractivity contribution is 5.96. The van der Waals surface area contributed by atoms with Crippen molar-refractivity contribution in [1.29, 1.82) is 0 Å². The third-order valence-electron chi connectivity index (χ3n) is 5.83. The second kappa shape index (κ2) is 7.95. The van der Waals surface area contributed by atoms with Crippen LogP contribution in [0.15, 0.2) is 54.9 Å². The number of fused-ring (bicyclic) bond motifs is 3. The second-order valence-electron chi connectivity index (χ2n) is 8.12. The maximum atomic E-state index is 13.5. The normalized spacial score (nSPS) is 13.4. The van der Waals surface area contributed by atoms with Gasteiger partial charge in [0.05, 0.1) is 6.33 Å². The van der Waals surface area contributed by atoms with Gasteiger partial charge < -0.3 is 14.4 Å². The third kappa shape index (κ3) is 3.81. The van der Waals surface area contributed by atoms with Crippen LogP contribution >= 0.6 is 0 Å². The fourth-order valence-electron chi connectivity index (χ4n) is 3.92. The van der Waals surface area contributed by atoms with Crippen LogP contribution in [0.1, 0.15) is 41.4 Å². The lowest BCUT2D eigenvalue weighted by Gasteiger charge is -2.30. The van der Waals surface area contributed by atoms with Crippen LogP contribution in [-0.2, 0) is 10.3 Å². The molecule has 1 heterocycles. The summed E-state index contributed by atoms with van der Waals surface area (Å²) in [6.07, 6.45) is -5.09. The Kier molecular flexibility index (Phi) is 5.39. The molecule has 0 saturated carbocycles. The molecule has 2 N–H and O–H groups in total. The van der Waals surface area contributed by atoms with Crippen molar-refractivity contribution in [1.82, 2.24) is 9.55 Å². The van der Waals surface area contributed by atoms with Crippen molar-refractivity contribution >= 4 is 17.9 Å². The molecule has 0 saturated heterocycles. The summed E-state index contributed by atoms with van der Waals surface area (Å²) in [5.41, 5.74) is 0.697. The van der Waals surface area contributed by atoms with Crippen molar-refractivity contribution in [2.75, 3.05) is 11.9 Å². The zero-order chi connectivity index (χ0) is 24.0. The van der Waals surface area contributed by atoms with Crippen molar-refractivity contribution in [2.24, 2.45) is 0 Å². The summed E-state index contributed by atoms with van der Waals surface area (Å²) in [5.74, 6) is -2.46. The number of benzene rings is 2. The van der Waals surface area contributed by atoms with Gasteiger partial charge in [-0.25, -0.2) is 14.6 Å². The molecule has 7 nitrogen and oxygen atoms in total. The maximum Gasteiger partial charge on any atom is 0.412 e. The number of halogens is 3. The Bertz CT molecular complexity index is 1190. The first-order valence-corrected chi connectivity index (χ1v) is 10.0. The van der Waals surface area contributed by atoms with E-state index in [-0.39, 0.29) is 12.5 Å². The molecule has 1 amide bonds.